The Labute approximate surface area is 194 Å². The molecule has 7 nitrogen and oxygen atoms in total. The maximum atomic E-state index is 12.8. The van der Waals surface area contributed by atoms with Gasteiger partial charge in [-0.3, -0.25) is 9.52 Å². The third kappa shape index (κ3) is 4.82. The van der Waals surface area contributed by atoms with Gasteiger partial charge in [0.15, 0.2) is 5.13 Å². The molecule has 1 amide bonds. The van der Waals surface area contributed by atoms with E-state index in [1.54, 1.807) is 22.4 Å². The molecule has 10 heteroatoms. The van der Waals surface area contributed by atoms with Crippen molar-refractivity contribution < 1.29 is 14.6 Å². The highest BCUT2D eigenvalue weighted by Gasteiger charge is 2.32. The second kappa shape index (κ2) is 9.00. The van der Waals surface area contributed by atoms with E-state index >= 15 is 0 Å². The number of rotatable bonds is 7. The molecular weight excluding hydrogens is 535 g/mol. The summed E-state index contributed by atoms with van der Waals surface area (Å²) in [7, 11) is -3.71. The van der Waals surface area contributed by atoms with Crippen molar-refractivity contribution in [3.05, 3.63) is 69.2 Å². The fraction of sp³-hybridized carbons (Fsp3) is 0.200. The van der Waals surface area contributed by atoms with Crippen LogP contribution in [0.1, 0.15) is 13.4 Å². The smallest absolute Gasteiger partial charge is 0.263 e. The van der Waals surface area contributed by atoms with E-state index in [4.69, 9.17) is 0 Å². The predicted molar refractivity (Wildman–Crippen MR) is 128 cm³/mol. The van der Waals surface area contributed by atoms with Crippen LogP contribution >= 0.6 is 33.9 Å². The van der Waals surface area contributed by atoms with E-state index in [9.17, 15) is 13.2 Å². The molecule has 0 saturated carbocycles. The number of nitrogens with one attached hydrogen (secondary N) is 2. The van der Waals surface area contributed by atoms with Crippen molar-refractivity contribution in [2.45, 2.75) is 23.9 Å². The Morgan fingerprint density at radius 2 is 2.03 bits per heavy atom. The monoisotopic (exact) mass is 556 g/mol. The zero-order valence-corrected chi connectivity index (χ0v) is 19.6. The number of carbonyl (C=O) groups is 1. The Morgan fingerprint density at radius 3 is 2.73 bits per heavy atom. The first-order valence-electron chi connectivity index (χ1n) is 9.24. The van der Waals surface area contributed by atoms with Crippen LogP contribution in [-0.4, -0.2) is 31.9 Å². The van der Waals surface area contributed by atoms with E-state index in [-0.39, 0.29) is 18.3 Å². The van der Waals surface area contributed by atoms with Crippen molar-refractivity contribution >= 4 is 60.7 Å². The number of carbonyl (C=O) groups excluding carboxylic acids is 1. The van der Waals surface area contributed by atoms with Crippen LogP contribution in [0.15, 0.2) is 65.0 Å². The minimum Gasteiger partial charge on any atom is -0.311 e. The fourth-order valence-corrected chi connectivity index (χ4v) is 5.66. The summed E-state index contributed by atoms with van der Waals surface area (Å²) in [6.07, 6.45) is 2.24. The molecule has 158 valence electrons. The molecule has 1 aliphatic heterocycles. The molecule has 1 saturated heterocycles. The Kier molecular flexibility index (Phi) is 6.37. The van der Waals surface area contributed by atoms with Crippen LogP contribution < -0.4 is 14.9 Å². The summed E-state index contributed by atoms with van der Waals surface area (Å²) in [5, 5.41) is 5.34. The van der Waals surface area contributed by atoms with Gasteiger partial charge in [0.05, 0.1) is 10.9 Å². The van der Waals surface area contributed by atoms with Gasteiger partial charge in [0.1, 0.15) is 0 Å². The number of benzene rings is 2. The van der Waals surface area contributed by atoms with E-state index in [0.717, 1.165) is 9.13 Å². The van der Waals surface area contributed by atoms with Crippen LogP contribution in [0, 0.1) is 3.57 Å². The lowest BCUT2D eigenvalue weighted by Gasteiger charge is -2.18. The number of anilines is 2. The Bertz CT molecular complexity index is 1140. The molecule has 1 atom stereocenters. The largest absolute Gasteiger partial charge is 0.311 e. The van der Waals surface area contributed by atoms with Gasteiger partial charge < -0.3 is 10.2 Å². The third-order valence-electron chi connectivity index (χ3n) is 4.76. The zero-order chi connectivity index (χ0) is 21.1. The molecule has 2 N–H and O–H groups in total. The van der Waals surface area contributed by atoms with Crippen LogP contribution in [0.25, 0.3) is 0 Å². The quantitative estimate of drug-likeness (QED) is 0.434. The summed E-state index contributed by atoms with van der Waals surface area (Å²) in [6, 6.07) is 14.2. The summed E-state index contributed by atoms with van der Waals surface area (Å²) in [5.74, 6) is -0.00264. The molecule has 1 aliphatic rings. The zero-order valence-electron chi connectivity index (χ0n) is 15.8. The number of amides is 1. The fourth-order valence-electron chi connectivity index (χ4n) is 3.27. The number of aromatic nitrogens is 1. The maximum absolute atomic E-state index is 12.8. The third-order valence-corrected chi connectivity index (χ3v) is 7.60. The van der Waals surface area contributed by atoms with E-state index < -0.39 is 10.0 Å². The van der Waals surface area contributed by atoms with Crippen molar-refractivity contribution in [3.63, 3.8) is 0 Å². The van der Waals surface area contributed by atoms with Crippen LogP contribution in [0.5, 0.6) is 0 Å². The highest BCUT2D eigenvalue weighted by atomic mass is 127. The Morgan fingerprint density at radius 1 is 1.23 bits per heavy atom. The first-order valence-corrected chi connectivity index (χ1v) is 12.7. The lowest BCUT2D eigenvalue weighted by molar-refractivity contribution is -0.118. The average molecular weight is 556 g/mol. The topological polar surface area (TPSA) is 91.4 Å². The maximum Gasteiger partial charge on any atom is 0.263 e. The first-order chi connectivity index (χ1) is 14.4. The number of nitrogens with zero attached hydrogens (tertiary/aromatic N) is 2. The average Bonchev–Trinajstić information content (AvgIpc) is 3.36. The second-order valence-corrected chi connectivity index (χ2v) is 10.6. The summed E-state index contributed by atoms with van der Waals surface area (Å²) >= 11 is 3.48. The molecule has 1 aromatic heterocycles. The van der Waals surface area contributed by atoms with E-state index in [2.05, 4.69) is 43.7 Å². The van der Waals surface area contributed by atoms with Crippen molar-refractivity contribution in [3.8, 4) is 0 Å². The first kappa shape index (κ1) is 21.2. The molecule has 0 bridgehead atoms. The molecule has 2 heterocycles. The molecule has 30 heavy (non-hydrogen) atoms. The van der Waals surface area contributed by atoms with Gasteiger partial charge in [0, 0.05) is 35.4 Å². The molecule has 3 aromatic rings. The number of thiazole rings is 1. The molecule has 0 spiro atoms. The van der Waals surface area contributed by atoms with Gasteiger partial charge in [0.2, 0.25) is 5.91 Å². The van der Waals surface area contributed by atoms with Crippen LogP contribution in [-0.2, 0) is 21.4 Å². The standard InChI is InChI=1S/C20H19IN4O3S2.H2/c21-15-3-1-2-14(12-15)13-23-18-8-10-25(19(18)26)16-4-6-17(7-5-16)30(27,28)24-20-22-9-11-29-20;/h1-7,9,11-12,18,23H,8,10,13H2,(H,22,24);1H. The Balaban J connectivity index is 0.00000272. The van der Waals surface area contributed by atoms with Gasteiger partial charge in [0.25, 0.3) is 10.0 Å². The SMILES string of the molecule is O=C1C(NCc2cccc(I)c2)CCN1c1ccc(S(=O)(=O)Nc2nccs2)cc1.[HH]. The molecule has 1 unspecified atom stereocenters. The van der Waals surface area contributed by atoms with Gasteiger partial charge in [-0.2, -0.15) is 0 Å². The van der Waals surface area contributed by atoms with Crippen LogP contribution in [0.3, 0.4) is 0 Å². The van der Waals surface area contributed by atoms with Crippen molar-refractivity contribution in [1.82, 2.24) is 10.3 Å². The molecule has 2 aromatic carbocycles. The predicted octanol–water partition coefficient (Wildman–Crippen LogP) is 3.69. The number of sulfonamides is 1. The minimum absolute atomic E-state index is 0. The summed E-state index contributed by atoms with van der Waals surface area (Å²) < 4.78 is 28.5. The van der Waals surface area contributed by atoms with Crippen molar-refractivity contribution in [2.75, 3.05) is 16.2 Å². The number of hydrogen-bond acceptors (Lipinski definition) is 6. The Hall–Kier alpha value is -2.02. The minimum atomic E-state index is -3.71. The lowest BCUT2D eigenvalue weighted by Crippen LogP contribution is -2.38. The number of halogens is 1. The number of hydrogen-bond donors (Lipinski definition) is 2. The summed E-state index contributed by atoms with van der Waals surface area (Å²) in [5.41, 5.74) is 1.82. The van der Waals surface area contributed by atoms with E-state index in [1.807, 2.05) is 18.2 Å². The van der Waals surface area contributed by atoms with Gasteiger partial charge in [-0.05, 0) is 71.0 Å². The van der Waals surface area contributed by atoms with Crippen molar-refractivity contribution in [2.24, 2.45) is 0 Å². The normalized spacial score (nSPS) is 16.8. The molecule has 4 rings (SSSR count). The van der Waals surface area contributed by atoms with Crippen molar-refractivity contribution in [1.29, 1.82) is 0 Å². The van der Waals surface area contributed by atoms with Crippen LogP contribution in [0.2, 0.25) is 0 Å². The summed E-state index contributed by atoms with van der Waals surface area (Å²) in [4.78, 5) is 18.6. The highest BCUT2D eigenvalue weighted by Crippen LogP contribution is 2.25. The second-order valence-electron chi connectivity index (χ2n) is 6.78. The van der Waals surface area contributed by atoms with Crippen LogP contribution in [0.4, 0.5) is 10.8 Å². The van der Waals surface area contributed by atoms with E-state index in [1.165, 1.54) is 29.7 Å². The molecule has 0 radical (unpaired) electrons. The van der Waals surface area contributed by atoms with Gasteiger partial charge >= 0.3 is 0 Å². The lowest BCUT2D eigenvalue weighted by atomic mass is 10.2. The molecule has 0 aliphatic carbocycles. The van der Waals surface area contributed by atoms with Gasteiger partial charge in [-0.15, -0.1) is 11.3 Å². The van der Waals surface area contributed by atoms with Gasteiger partial charge in [-0.1, -0.05) is 12.1 Å². The summed E-state index contributed by atoms with van der Waals surface area (Å²) in [6.45, 7) is 1.22. The molecular formula is C20H21IN4O3S2. The van der Waals surface area contributed by atoms with E-state index in [0.29, 0.717) is 30.3 Å². The van der Waals surface area contributed by atoms with Gasteiger partial charge in [-0.25, -0.2) is 13.4 Å². The molecule has 1 fully saturated rings. The highest BCUT2D eigenvalue weighted by molar-refractivity contribution is 14.1.